The summed E-state index contributed by atoms with van der Waals surface area (Å²) in [5.74, 6) is 1.53. The molecule has 0 fully saturated rings. The molecule has 0 aliphatic carbocycles. The number of hydrogen-bond donors (Lipinski definition) is 2. The van der Waals surface area contributed by atoms with E-state index in [1.807, 2.05) is 19.1 Å². The third kappa shape index (κ3) is 1.99. The zero-order valence-electron chi connectivity index (χ0n) is 9.40. The summed E-state index contributed by atoms with van der Waals surface area (Å²) in [5.41, 5.74) is 7.69. The third-order valence-corrected chi connectivity index (χ3v) is 2.80. The first kappa shape index (κ1) is 11.2. The van der Waals surface area contributed by atoms with Crippen molar-refractivity contribution in [2.24, 2.45) is 5.73 Å². The third-order valence-electron chi connectivity index (χ3n) is 2.80. The largest absolute Gasteiger partial charge is 0.490 e. The summed E-state index contributed by atoms with van der Waals surface area (Å²) in [6.45, 7) is 3.21. The molecule has 4 nitrogen and oxygen atoms in total. The van der Waals surface area contributed by atoms with Gasteiger partial charge in [-0.1, -0.05) is 6.07 Å². The van der Waals surface area contributed by atoms with Gasteiger partial charge in [0.1, 0.15) is 0 Å². The normalized spacial score (nSPS) is 16.7. The molecule has 1 aliphatic rings. The van der Waals surface area contributed by atoms with E-state index in [-0.39, 0.29) is 12.6 Å². The molecule has 1 heterocycles. The van der Waals surface area contributed by atoms with Gasteiger partial charge in [0, 0.05) is 6.42 Å². The molecule has 1 aromatic carbocycles. The average molecular weight is 223 g/mol. The van der Waals surface area contributed by atoms with E-state index in [2.05, 4.69) is 0 Å². The molecular formula is C12H17NO3. The molecule has 4 heteroatoms. The number of aliphatic hydroxyl groups excluding tert-OH is 1. The predicted molar refractivity (Wildman–Crippen MR) is 60.8 cm³/mol. The average Bonchev–Trinajstić information content (AvgIpc) is 2.54. The van der Waals surface area contributed by atoms with Gasteiger partial charge < -0.3 is 20.3 Å². The van der Waals surface area contributed by atoms with E-state index in [0.29, 0.717) is 13.2 Å². The van der Waals surface area contributed by atoms with Crippen LogP contribution in [0.15, 0.2) is 12.1 Å². The summed E-state index contributed by atoms with van der Waals surface area (Å²) in [6.07, 6.45) is 0.884. The van der Waals surface area contributed by atoms with E-state index >= 15 is 0 Å². The Morgan fingerprint density at radius 3 is 2.88 bits per heavy atom. The lowest BCUT2D eigenvalue weighted by atomic mass is 10.0. The highest BCUT2D eigenvalue weighted by Gasteiger charge is 2.18. The maximum Gasteiger partial charge on any atom is 0.164 e. The van der Waals surface area contributed by atoms with Crippen molar-refractivity contribution < 1.29 is 14.6 Å². The summed E-state index contributed by atoms with van der Waals surface area (Å²) in [5, 5.41) is 9.08. The summed E-state index contributed by atoms with van der Waals surface area (Å²) in [7, 11) is 0. The molecule has 0 radical (unpaired) electrons. The van der Waals surface area contributed by atoms with Crippen LogP contribution in [0.4, 0.5) is 0 Å². The smallest absolute Gasteiger partial charge is 0.164 e. The molecule has 0 saturated carbocycles. The van der Waals surface area contributed by atoms with E-state index in [0.717, 1.165) is 29.0 Å². The van der Waals surface area contributed by atoms with Gasteiger partial charge in [-0.3, -0.25) is 0 Å². The Morgan fingerprint density at radius 1 is 1.38 bits per heavy atom. The number of benzene rings is 1. The Balaban J connectivity index is 2.41. The number of nitrogens with two attached hydrogens (primary N) is 1. The van der Waals surface area contributed by atoms with Crippen LogP contribution in [0.3, 0.4) is 0 Å². The number of ether oxygens (including phenoxy) is 2. The second kappa shape index (κ2) is 4.72. The van der Waals surface area contributed by atoms with Crippen molar-refractivity contribution in [1.29, 1.82) is 0 Å². The van der Waals surface area contributed by atoms with Crippen LogP contribution >= 0.6 is 0 Å². The molecule has 0 saturated heterocycles. The number of rotatable bonds is 2. The zero-order valence-corrected chi connectivity index (χ0v) is 9.40. The van der Waals surface area contributed by atoms with Gasteiger partial charge in [0.15, 0.2) is 11.5 Å². The van der Waals surface area contributed by atoms with Gasteiger partial charge in [0.25, 0.3) is 0 Å². The number of hydrogen-bond acceptors (Lipinski definition) is 4. The van der Waals surface area contributed by atoms with E-state index in [9.17, 15) is 0 Å². The number of aliphatic hydroxyl groups is 1. The minimum absolute atomic E-state index is 0.0690. The Labute approximate surface area is 95.0 Å². The SMILES string of the molecule is Cc1c(C(N)CO)ccc2c1OCCCO2. The number of fused-ring (bicyclic) bond motifs is 1. The van der Waals surface area contributed by atoms with Crippen LogP contribution < -0.4 is 15.2 Å². The van der Waals surface area contributed by atoms with Gasteiger partial charge in [0.05, 0.1) is 25.9 Å². The maximum absolute atomic E-state index is 9.08. The highest BCUT2D eigenvalue weighted by molar-refractivity contribution is 5.51. The second-order valence-electron chi connectivity index (χ2n) is 3.95. The van der Waals surface area contributed by atoms with E-state index in [1.54, 1.807) is 0 Å². The second-order valence-corrected chi connectivity index (χ2v) is 3.95. The van der Waals surface area contributed by atoms with Gasteiger partial charge >= 0.3 is 0 Å². The van der Waals surface area contributed by atoms with Gasteiger partial charge in [-0.05, 0) is 24.1 Å². The van der Waals surface area contributed by atoms with Crippen molar-refractivity contribution in [3.63, 3.8) is 0 Å². The molecule has 3 N–H and O–H groups in total. The van der Waals surface area contributed by atoms with E-state index in [4.69, 9.17) is 20.3 Å². The lowest BCUT2D eigenvalue weighted by Gasteiger charge is -2.17. The molecule has 0 aromatic heterocycles. The molecule has 16 heavy (non-hydrogen) atoms. The van der Waals surface area contributed by atoms with Crippen LogP contribution in [0.1, 0.15) is 23.6 Å². The lowest BCUT2D eigenvalue weighted by molar-refractivity contribution is 0.266. The van der Waals surface area contributed by atoms with E-state index in [1.165, 1.54) is 0 Å². The van der Waals surface area contributed by atoms with Crippen molar-refractivity contribution in [3.8, 4) is 11.5 Å². The Bertz CT molecular complexity index is 379. The van der Waals surface area contributed by atoms with Gasteiger partial charge in [-0.15, -0.1) is 0 Å². The van der Waals surface area contributed by atoms with Crippen LogP contribution in [-0.4, -0.2) is 24.9 Å². The summed E-state index contributed by atoms with van der Waals surface area (Å²) in [6, 6.07) is 3.39. The molecule has 0 bridgehead atoms. The predicted octanol–water partition coefficient (Wildman–Crippen LogP) is 1.15. The lowest BCUT2D eigenvalue weighted by Crippen LogP contribution is -2.16. The van der Waals surface area contributed by atoms with Crippen molar-refractivity contribution in [1.82, 2.24) is 0 Å². The summed E-state index contributed by atoms with van der Waals surface area (Å²) in [4.78, 5) is 0. The minimum Gasteiger partial charge on any atom is -0.490 e. The fraction of sp³-hybridized carbons (Fsp3) is 0.500. The fourth-order valence-electron chi connectivity index (χ4n) is 1.89. The molecule has 1 aromatic rings. The fourth-order valence-corrected chi connectivity index (χ4v) is 1.89. The van der Waals surface area contributed by atoms with Crippen molar-refractivity contribution in [2.45, 2.75) is 19.4 Å². The van der Waals surface area contributed by atoms with Crippen LogP contribution in [-0.2, 0) is 0 Å². The highest BCUT2D eigenvalue weighted by atomic mass is 16.5. The van der Waals surface area contributed by atoms with Crippen molar-refractivity contribution in [3.05, 3.63) is 23.3 Å². The molecular weight excluding hydrogens is 206 g/mol. The first-order chi connectivity index (χ1) is 7.74. The van der Waals surface area contributed by atoms with Crippen molar-refractivity contribution >= 4 is 0 Å². The van der Waals surface area contributed by atoms with Crippen LogP contribution in [0.2, 0.25) is 0 Å². The molecule has 0 spiro atoms. The first-order valence-corrected chi connectivity index (χ1v) is 5.49. The first-order valence-electron chi connectivity index (χ1n) is 5.49. The van der Waals surface area contributed by atoms with Gasteiger partial charge in [-0.2, -0.15) is 0 Å². The monoisotopic (exact) mass is 223 g/mol. The van der Waals surface area contributed by atoms with Gasteiger partial charge in [-0.25, -0.2) is 0 Å². The molecule has 1 aliphatic heterocycles. The molecule has 2 rings (SSSR count). The maximum atomic E-state index is 9.08. The van der Waals surface area contributed by atoms with Crippen molar-refractivity contribution in [2.75, 3.05) is 19.8 Å². The van der Waals surface area contributed by atoms with E-state index < -0.39 is 0 Å². The van der Waals surface area contributed by atoms with Crippen LogP contribution in [0, 0.1) is 6.92 Å². The highest BCUT2D eigenvalue weighted by Crippen LogP contribution is 2.36. The molecule has 88 valence electrons. The summed E-state index contributed by atoms with van der Waals surface area (Å²) >= 11 is 0. The summed E-state index contributed by atoms with van der Waals surface area (Å²) < 4.78 is 11.2. The standard InChI is InChI=1S/C12H17NO3/c1-8-9(10(13)7-14)3-4-11-12(8)16-6-2-5-15-11/h3-4,10,14H,2,5-7,13H2,1H3. The zero-order chi connectivity index (χ0) is 11.5. The quantitative estimate of drug-likeness (QED) is 0.789. The van der Waals surface area contributed by atoms with Crippen LogP contribution in [0.25, 0.3) is 0 Å². The molecule has 1 unspecified atom stereocenters. The van der Waals surface area contributed by atoms with Crippen LogP contribution in [0.5, 0.6) is 11.5 Å². The Hall–Kier alpha value is -1.26. The molecule has 0 amide bonds. The Kier molecular flexibility index (Phi) is 3.31. The Morgan fingerprint density at radius 2 is 2.12 bits per heavy atom. The minimum atomic E-state index is -0.364. The molecule has 1 atom stereocenters. The van der Waals surface area contributed by atoms with Gasteiger partial charge in [0.2, 0.25) is 0 Å². The topological polar surface area (TPSA) is 64.7 Å².